The van der Waals surface area contributed by atoms with Gasteiger partial charge in [0.1, 0.15) is 6.61 Å². The first-order valence-electron chi connectivity index (χ1n) is 5.99. The first-order valence-corrected chi connectivity index (χ1v) is 5.99. The minimum Gasteiger partial charge on any atom is -0.448 e. The van der Waals surface area contributed by atoms with Crippen LogP contribution in [0.3, 0.4) is 0 Å². The fourth-order valence-electron chi connectivity index (χ4n) is 1.12. The number of likely N-dealkylation sites (N-methyl/N-ethyl adjacent to an activating group) is 1. The fourth-order valence-corrected chi connectivity index (χ4v) is 1.12. The average Bonchev–Trinajstić information content (AvgIpc) is 2.20. The van der Waals surface area contributed by atoms with E-state index in [0.29, 0.717) is 13.2 Å². The van der Waals surface area contributed by atoms with E-state index in [4.69, 9.17) is 4.74 Å². The largest absolute Gasteiger partial charge is 0.448 e. The van der Waals surface area contributed by atoms with Gasteiger partial charge in [-0.2, -0.15) is 0 Å². The number of ether oxygens (including phenoxy) is 1. The van der Waals surface area contributed by atoms with E-state index in [1.54, 1.807) is 0 Å². The molecule has 4 nitrogen and oxygen atoms in total. The van der Waals surface area contributed by atoms with Gasteiger partial charge in [0.2, 0.25) is 0 Å². The Kier molecular flexibility index (Phi) is 10.4. The molecule has 0 aliphatic heterocycles. The van der Waals surface area contributed by atoms with Crippen LogP contribution in [0, 0.1) is 5.41 Å². The van der Waals surface area contributed by atoms with Gasteiger partial charge in [-0.1, -0.05) is 34.6 Å². The number of carbonyl (C=O) groups excluding carboxylic acids is 1. The topological polar surface area (TPSA) is 50.4 Å². The van der Waals surface area contributed by atoms with E-state index in [9.17, 15) is 4.79 Å². The number of amides is 1. The normalized spacial score (nSPS) is 12.2. The molecule has 0 saturated carbocycles. The molecule has 1 amide bonds. The lowest BCUT2D eigenvalue weighted by atomic mass is 9.87. The van der Waals surface area contributed by atoms with Crippen molar-refractivity contribution in [2.75, 3.05) is 20.2 Å². The summed E-state index contributed by atoms with van der Waals surface area (Å²) < 4.78 is 5.05. The van der Waals surface area contributed by atoms with Crippen LogP contribution in [0.5, 0.6) is 0 Å². The van der Waals surface area contributed by atoms with E-state index in [0.717, 1.165) is 0 Å². The molecule has 0 heterocycles. The van der Waals surface area contributed by atoms with Crippen molar-refractivity contribution in [1.82, 2.24) is 10.6 Å². The summed E-state index contributed by atoms with van der Waals surface area (Å²) in [6.07, 6.45) is -0.350. The lowest BCUT2D eigenvalue weighted by Crippen LogP contribution is -2.43. The van der Waals surface area contributed by atoms with Gasteiger partial charge in [0, 0.05) is 12.6 Å². The van der Waals surface area contributed by atoms with Crippen molar-refractivity contribution in [3.63, 3.8) is 0 Å². The van der Waals surface area contributed by atoms with Gasteiger partial charge in [0.05, 0.1) is 0 Å². The molecule has 0 radical (unpaired) electrons. The summed E-state index contributed by atoms with van der Waals surface area (Å²) in [5.74, 6) is 0. The lowest BCUT2D eigenvalue weighted by Gasteiger charge is -2.29. The van der Waals surface area contributed by atoms with Gasteiger partial charge in [0.25, 0.3) is 0 Å². The first-order chi connectivity index (χ1) is 7.41. The van der Waals surface area contributed by atoms with Crippen molar-refractivity contribution in [2.24, 2.45) is 5.41 Å². The van der Waals surface area contributed by atoms with Gasteiger partial charge in [-0.05, 0) is 19.4 Å². The molecule has 16 heavy (non-hydrogen) atoms. The SMILES string of the molecule is CC.CCNC(=O)OCC(NC)C(C)(C)C. The highest BCUT2D eigenvalue weighted by molar-refractivity contribution is 5.66. The average molecular weight is 232 g/mol. The summed E-state index contributed by atoms with van der Waals surface area (Å²) in [5, 5.41) is 5.72. The summed E-state index contributed by atoms with van der Waals surface area (Å²) in [6, 6.07) is 0.171. The second-order valence-corrected chi connectivity index (χ2v) is 4.34. The second-order valence-electron chi connectivity index (χ2n) is 4.34. The molecule has 0 aliphatic carbocycles. The summed E-state index contributed by atoms with van der Waals surface area (Å²) in [5.41, 5.74) is 0.0846. The van der Waals surface area contributed by atoms with E-state index >= 15 is 0 Å². The third-order valence-electron chi connectivity index (χ3n) is 2.10. The van der Waals surface area contributed by atoms with E-state index in [1.165, 1.54) is 0 Å². The van der Waals surface area contributed by atoms with Crippen LogP contribution in [0.1, 0.15) is 41.5 Å². The maximum atomic E-state index is 11.0. The molecule has 0 aromatic carbocycles. The van der Waals surface area contributed by atoms with Crippen molar-refractivity contribution in [3.8, 4) is 0 Å². The lowest BCUT2D eigenvalue weighted by molar-refractivity contribution is 0.110. The minimum absolute atomic E-state index is 0.0846. The van der Waals surface area contributed by atoms with Crippen LogP contribution >= 0.6 is 0 Å². The third kappa shape index (κ3) is 8.53. The summed E-state index contributed by atoms with van der Waals surface area (Å²) in [7, 11) is 1.87. The minimum atomic E-state index is -0.350. The Labute approximate surface area is 100 Å². The van der Waals surface area contributed by atoms with E-state index in [1.807, 2.05) is 27.8 Å². The number of nitrogens with one attached hydrogen (secondary N) is 2. The van der Waals surface area contributed by atoms with Crippen LogP contribution in [0.4, 0.5) is 4.79 Å². The Morgan fingerprint density at radius 2 is 1.81 bits per heavy atom. The Bertz CT molecular complexity index is 176. The molecule has 0 rings (SSSR count). The Balaban J connectivity index is 0. The van der Waals surface area contributed by atoms with Gasteiger partial charge < -0.3 is 15.4 Å². The Hall–Kier alpha value is -0.770. The monoisotopic (exact) mass is 232 g/mol. The van der Waals surface area contributed by atoms with Crippen molar-refractivity contribution in [2.45, 2.75) is 47.6 Å². The zero-order chi connectivity index (χ0) is 13.2. The maximum absolute atomic E-state index is 11.0. The molecule has 0 fully saturated rings. The number of hydrogen-bond donors (Lipinski definition) is 2. The molecule has 4 heteroatoms. The van der Waals surface area contributed by atoms with E-state index in [-0.39, 0.29) is 17.6 Å². The summed E-state index contributed by atoms with van der Waals surface area (Å²) >= 11 is 0. The number of hydrogen-bond acceptors (Lipinski definition) is 3. The molecule has 2 N–H and O–H groups in total. The fraction of sp³-hybridized carbons (Fsp3) is 0.917. The van der Waals surface area contributed by atoms with Crippen LogP contribution in [0.15, 0.2) is 0 Å². The van der Waals surface area contributed by atoms with Crippen LogP contribution < -0.4 is 10.6 Å². The first kappa shape index (κ1) is 17.6. The molecular formula is C12H28N2O2. The van der Waals surface area contributed by atoms with Crippen molar-refractivity contribution in [1.29, 1.82) is 0 Å². The van der Waals surface area contributed by atoms with Crippen LogP contribution in [0.2, 0.25) is 0 Å². The predicted octanol–water partition coefficient (Wildman–Crippen LogP) is 2.39. The standard InChI is InChI=1S/C10H22N2O2.C2H6/c1-6-12-9(13)14-7-8(11-5)10(2,3)4;1-2/h8,11H,6-7H2,1-5H3,(H,12,13);1-2H3. The maximum Gasteiger partial charge on any atom is 0.407 e. The summed E-state index contributed by atoms with van der Waals surface area (Å²) in [6.45, 7) is 13.2. The highest BCUT2D eigenvalue weighted by Crippen LogP contribution is 2.18. The smallest absolute Gasteiger partial charge is 0.407 e. The quantitative estimate of drug-likeness (QED) is 0.782. The molecule has 1 atom stereocenters. The predicted molar refractivity (Wildman–Crippen MR) is 68.7 cm³/mol. The molecule has 1 unspecified atom stereocenters. The van der Waals surface area contributed by atoms with Crippen LogP contribution in [-0.4, -0.2) is 32.3 Å². The molecule has 0 saturated heterocycles. The van der Waals surface area contributed by atoms with Crippen molar-refractivity contribution in [3.05, 3.63) is 0 Å². The Morgan fingerprint density at radius 1 is 1.31 bits per heavy atom. The number of alkyl carbamates (subject to hydrolysis) is 1. The molecule has 0 spiro atoms. The van der Waals surface area contributed by atoms with E-state index < -0.39 is 0 Å². The van der Waals surface area contributed by atoms with Crippen LogP contribution in [-0.2, 0) is 4.74 Å². The summed E-state index contributed by atoms with van der Waals surface area (Å²) in [4.78, 5) is 11.0. The van der Waals surface area contributed by atoms with Crippen LogP contribution in [0.25, 0.3) is 0 Å². The third-order valence-corrected chi connectivity index (χ3v) is 2.10. The zero-order valence-electron chi connectivity index (χ0n) is 11.8. The van der Waals surface area contributed by atoms with Gasteiger partial charge in [0.15, 0.2) is 0 Å². The van der Waals surface area contributed by atoms with Crippen molar-refractivity contribution >= 4 is 6.09 Å². The van der Waals surface area contributed by atoms with Gasteiger partial charge >= 0.3 is 6.09 Å². The molecule has 0 aliphatic rings. The van der Waals surface area contributed by atoms with Gasteiger partial charge in [-0.3, -0.25) is 0 Å². The molecule has 98 valence electrons. The second kappa shape index (κ2) is 9.46. The van der Waals surface area contributed by atoms with Crippen molar-refractivity contribution < 1.29 is 9.53 Å². The molecular weight excluding hydrogens is 204 g/mol. The number of carbonyl (C=O) groups is 1. The highest BCUT2D eigenvalue weighted by Gasteiger charge is 2.24. The molecule has 0 aromatic rings. The van der Waals surface area contributed by atoms with Gasteiger partial charge in [-0.15, -0.1) is 0 Å². The molecule has 0 aromatic heterocycles. The number of rotatable bonds is 4. The van der Waals surface area contributed by atoms with E-state index in [2.05, 4.69) is 31.4 Å². The van der Waals surface area contributed by atoms with Gasteiger partial charge in [-0.25, -0.2) is 4.79 Å². The highest BCUT2D eigenvalue weighted by atomic mass is 16.5. The zero-order valence-corrected chi connectivity index (χ0v) is 11.8. The molecule has 0 bridgehead atoms. The Morgan fingerprint density at radius 3 is 2.12 bits per heavy atom.